The van der Waals surface area contributed by atoms with Gasteiger partial charge < -0.3 is 20.1 Å². The summed E-state index contributed by atoms with van der Waals surface area (Å²) in [4.78, 5) is 11.8. The number of unbranched alkanes of at least 4 members (excludes halogenated alkanes) is 9. The van der Waals surface area contributed by atoms with Crippen LogP contribution in [0.2, 0.25) is 0 Å². The first-order chi connectivity index (χ1) is 11.6. The minimum absolute atomic E-state index is 0.223. The average Bonchev–Trinajstić information content (AvgIpc) is 2.55. The summed E-state index contributed by atoms with van der Waals surface area (Å²) in [6.07, 6.45) is 11.9. The van der Waals surface area contributed by atoms with Crippen molar-refractivity contribution >= 4 is 5.97 Å². The molecule has 24 heavy (non-hydrogen) atoms. The van der Waals surface area contributed by atoms with Crippen LogP contribution in [0.15, 0.2) is 12.1 Å². The van der Waals surface area contributed by atoms with E-state index in [0.717, 1.165) is 31.4 Å². The quantitative estimate of drug-likeness (QED) is 0.219. The molecule has 0 fully saturated rings. The van der Waals surface area contributed by atoms with E-state index in [1.165, 1.54) is 44.9 Å². The molecule has 0 aliphatic carbocycles. The van der Waals surface area contributed by atoms with Crippen LogP contribution in [0.4, 0.5) is 0 Å². The number of phenols is 3. The first-order valence-corrected chi connectivity index (χ1v) is 8.98. The summed E-state index contributed by atoms with van der Waals surface area (Å²) in [6.45, 7) is 2.49. The summed E-state index contributed by atoms with van der Waals surface area (Å²) >= 11 is 0. The van der Waals surface area contributed by atoms with Crippen molar-refractivity contribution in [2.24, 2.45) is 0 Å². The second-order valence-corrected chi connectivity index (χ2v) is 6.18. The number of hydrogen-bond donors (Lipinski definition) is 3. The summed E-state index contributed by atoms with van der Waals surface area (Å²) in [7, 11) is 0. The second kappa shape index (κ2) is 11.6. The summed E-state index contributed by atoms with van der Waals surface area (Å²) in [6, 6.07) is 2.05. The highest BCUT2D eigenvalue weighted by Crippen LogP contribution is 2.33. The largest absolute Gasteiger partial charge is 0.508 e. The van der Waals surface area contributed by atoms with E-state index in [-0.39, 0.29) is 17.9 Å². The van der Waals surface area contributed by atoms with Gasteiger partial charge in [0.05, 0.1) is 6.61 Å². The van der Waals surface area contributed by atoms with Crippen molar-refractivity contribution in [2.75, 3.05) is 6.61 Å². The highest BCUT2D eigenvalue weighted by atomic mass is 16.5. The van der Waals surface area contributed by atoms with E-state index in [2.05, 4.69) is 6.92 Å². The molecule has 0 bridgehead atoms. The Morgan fingerprint density at radius 3 is 2.00 bits per heavy atom. The molecular formula is C19H30O5. The zero-order chi connectivity index (χ0) is 17.8. The molecule has 136 valence electrons. The van der Waals surface area contributed by atoms with E-state index in [1.54, 1.807) is 0 Å². The second-order valence-electron chi connectivity index (χ2n) is 6.18. The molecule has 0 saturated carbocycles. The van der Waals surface area contributed by atoms with Crippen LogP contribution in [0.25, 0.3) is 0 Å². The van der Waals surface area contributed by atoms with Gasteiger partial charge in [-0.05, 0) is 12.5 Å². The van der Waals surface area contributed by atoms with E-state index < -0.39 is 17.5 Å². The van der Waals surface area contributed by atoms with Gasteiger partial charge in [-0.2, -0.15) is 0 Å². The standard InChI is InChI=1S/C19H30O5/c1-2-3-4-5-6-7-8-9-10-11-12-24-19(23)16-13-15(20)14-17(21)18(16)22/h13-14,20-22H,2-12H2,1H3. The summed E-state index contributed by atoms with van der Waals surface area (Å²) < 4.78 is 5.07. The maximum atomic E-state index is 11.8. The molecule has 0 atom stereocenters. The summed E-state index contributed by atoms with van der Waals surface area (Å²) in [5.41, 5.74) is -0.223. The molecule has 5 heteroatoms. The minimum Gasteiger partial charge on any atom is -0.508 e. The van der Waals surface area contributed by atoms with Gasteiger partial charge in [0.25, 0.3) is 0 Å². The predicted octanol–water partition coefficient (Wildman–Crippen LogP) is 4.88. The Hall–Kier alpha value is -1.91. The molecule has 1 rings (SSSR count). The number of ether oxygens (including phenoxy) is 1. The number of rotatable bonds is 12. The number of esters is 1. The number of aromatic hydroxyl groups is 3. The lowest BCUT2D eigenvalue weighted by molar-refractivity contribution is 0.0493. The number of hydrogen-bond acceptors (Lipinski definition) is 5. The normalized spacial score (nSPS) is 10.7. The molecule has 3 N–H and O–H groups in total. The SMILES string of the molecule is CCCCCCCCCCCCOC(=O)c1cc(O)cc(O)c1O. The molecule has 0 unspecified atom stereocenters. The van der Waals surface area contributed by atoms with E-state index in [9.17, 15) is 20.1 Å². The Morgan fingerprint density at radius 1 is 0.875 bits per heavy atom. The van der Waals surface area contributed by atoms with Crippen LogP contribution in [0.1, 0.15) is 81.5 Å². The van der Waals surface area contributed by atoms with Crippen LogP contribution in [0, 0.1) is 0 Å². The highest BCUT2D eigenvalue weighted by Gasteiger charge is 2.17. The van der Waals surface area contributed by atoms with E-state index in [0.29, 0.717) is 0 Å². The first-order valence-electron chi connectivity index (χ1n) is 8.98. The van der Waals surface area contributed by atoms with Crippen molar-refractivity contribution in [3.05, 3.63) is 17.7 Å². The van der Waals surface area contributed by atoms with Crippen molar-refractivity contribution in [1.82, 2.24) is 0 Å². The molecule has 0 saturated heterocycles. The maximum Gasteiger partial charge on any atom is 0.342 e. The molecule has 0 spiro atoms. The van der Waals surface area contributed by atoms with Crippen LogP contribution < -0.4 is 0 Å². The Labute approximate surface area is 144 Å². The van der Waals surface area contributed by atoms with Gasteiger partial charge in [-0.25, -0.2) is 4.79 Å². The number of carbonyl (C=O) groups is 1. The minimum atomic E-state index is -0.741. The third-order valence-corrected chi connectivity index (χ3v) is 4.03. The third-order valence-electron chi connectivity index (χ3n) is 4.03. The first kappa shape index (κ1) is 20.1. The molecule has 0 aliphatic rings. The van der Waals surface area contributed by atoms with E-state index >= 15 is 0 Å². The van der Waals surface area contributed by atoms with Gasteiger partial charge in [-0.3, -0.25) is 0 Å². The Bertz CT molecular complexity index is 499. The number of phenolic OH excluding ortho intramolecular Hbond substituents is 3. The van der Waals surface area contributed by atoms with Gasteiger partial charge in [0.1, 0.15) is 11.3 Å². The third kappa shape index (κ3) is 7.57. The Morgan fingerprint density at radius 2 is 1.42 bits per heavy atom. The maximum absolute atomic E-state index is 11.8. The van der Waals surface area contributed by atoms with Crippen LogP contribution in [0.5, 0.6) is 17.2 Å². The number of carbonyl (C=O) groups excluding carboxylic acids is 1. The topological polar surface area (TPSA) is 87.0 Å². The van der Waals surface area contributed by atoms with Crippen molar-refractivity contribution in [1.29, 1.82) is 0 Å². The molecular weight excluding hydrogens is 308 g/mol. The van der Waals surface area contributed by atoms with Crippen LogP contribution in [0.3, 0.4) is 0 Å². The van der Waals surface area contributed by atoms with Gasteiger partial charge in [-0.1, -0.05) is 64.7 Å². The molecule has 1 aromatic carbocycles. The smallest absolute Gasteiger partial charge is 0.342 e. The lowest BCUT2D eigenvalue weighted by Crippen LogP contribution is -2.06. The van der Waals surface area contributed by atoms with Gasteiger partial charge in [0.2, 0.25) is 0 Å². The number of benzene rings is 1. The highest BCUT2D eigenvalue weighted by molar-refractivity contribution is 5.93. The molecule has 5 nitrogen and oxygen atoms in total. The molecule has 0 heterocycles. The van der Waals surface area contributed by atoms with Crippen molar-refractivity contribution < 1.29 is 24.9 Å². The van der Waals surface area contributed by atoms with Crippen molar-refractivity contribution in [3.8, 4) is 17.2 Å². The summed E-state index contributed by atoms with van der Waals surface area (Å²) in [5.74, 6) is -2.15. The van der Waals surface area contributed by atoms with E-state index in [1.807, 2.05) is 0 Å². The van der Waals surface area contributed by atoms with Crippen molar-refractivity contribution in [2.45, 2.75) is 71.1 Å². The van der Waals surface area contributed by atoms with Crippen molar-refractivity contribution in [3.63, 3.8) is 0 Å². The average molecular weight is 338 g/mol. The summed E-state index contributed by atoms with van der Waals surface area (Å²) in [5, 5.41) is 28.3. The lowest BCUT2D eigenvalue weighted by Gasteiger charge is -2.08. The zero-order valence-corrected chi connectivity index (χ0v) is 14.6. The fourth-order valence-electron chi connectivity index (χ4n) is 2.59. The van der Waals surface area contributed by atoms with Gasteiger partial charge in [0.15, 0.2) is 11.5 Å². The van der Waals surface area contributed by atoms with Gasteiger partial charge >= 0.3 is 5.97 Å². The molecule has 0 aliphatic heterocycles. The Kier molecular flexibility index (Phi) is 9.73. The van der Waals surface area contributed by atoms with E-state index in [4.69, 9.17) is 4.74 Å². The monoisotopic (exact) mass is 338 g/mol. The van der Waals surface area contributed by atoms with Gasteiger partial charge in [0, 0.05) is 6.07 Å². The molecule has 1 aromatic rings. The van der Waals surface area contributed by atoms with Crippen LogP contribution >= 0.6 is 0 Å². The molecule has 0 aromatic heterocycles. The predicted molar refractivity (Wildman–Crippen MR) is 93.6 cm³/mol. The van der Waals surface area contributed by atoms with Crippen LogP contribution in [-0.2, 0) is 4.74 Å². The van der Waals surface area contributed by atoms with Gasteiger partial charge in [-0.15, -0.1) is 0 Å². The zero-order valence-electron chi connectivity index (χ0n) is 14.6. The fourth-order valence-corrected chi connectivity index (χ4v) is 2.59. The Balaban J connectivity index is 2.10. The molecule has 0 radical (unpaired) electrons. The molecule has 0 amide bonds. The fraction of sp³-hybridized carbons (Fsp3) is 0.632. The lowest BCUT2D eigenvalue weighted by atomic mass is 10.1. The van der Waals surface area contributed by atoms with Crippen LogP contribution in [-0.4, -0.2) is 27.9 Å².